The third-order valence-corrected chi connectivity index (χ3v) is 6.87. The van der Waals surface area contributed by atoms with E-state index in [4.69, 9.17) is 5.73 Å². The standard InChI is InChI=1S/C17H33N3/c1-13-16(18)7-6-14(17(13,2)3)11-19-9-10-20-8-4-5-15(20)12-19/h13-16H,4-12,18H2,1-3H3. The lowest BCUT2D eigenvalue weighted by Crippen LogP contribution is -2.54. The summed E-state index contributed by atoms with van der Waals surface area (Å²) in [6, 6.07) is 1.27. The van der Waals surface area contributed by atoms with Crippen LogP contribution in [-0.2, 0) is 0 Å². The lowest BCUT2D eigenvalue weighted by molar-refractivity contribution is 0.00991. The Labute approximate surface area is 124 Å². The molecule has 0 amide bonds. The van der Waals surface area contributed by atoms with E-state index in [9.17, 15) is 0 Å². The summed E-state index contributed by atoms with van der Waals surface area (Å²) in [6.45, 7) is 13.8. The van der Waals surface area contributed by atoms with Gasteiger partial charge in [0.15, 0.2) is 0 Å². The van der Waals surface area contributed by atoms with Gasteiger partial charge >= 0.3 is 0 Å². The zero-order valence-corrected chi connectivity index (χ0v) is 13.6. The maximum absolute atomic E-state index is 6.30. The van der Waals surface area contributed by atoms with Gasteiger partial charge in [0, 0.05) is 38.3 Å². The molecule has 0 aromatic carbocycles. The molecule has 20 heavy (non-hydrogen) atoms. The van der Waals surface area contributed by atoms with Gasteiger partial charge in [0.05, 0.1) is 0 Å². The molecular formula is C17H33N3. The first-order valence-corrected chi connectivity index (χ1v) is 8.70. The molecule has 4 unspecified atom stereocenters. The van der Waals surface area contributed by atoms with E-state index in [-0.39, 0.29) is 0 Å². The normalized spacial score (nSPS) is 42.6. The number of hydrogen-bond acceptors (Lipinski definition) is 3. The van der Waals surface area contributed by atoms with Crippen LogP contribution < -0.4 is 5.73 Å². The molecule has 0 aromatic heterocycles. The van der Waals surface area contributed by atoms with Crippen LogP contribution in [0.4, 0.5) is 0 Å². The number of fused-ring (bicyclic) bond motifs is 1. The molecule has 116 valence electrons. The summed E-state index contributed by atoms with van der Waals surface area (Å²) in [4.78, 5) is 5.46. The van der Waals surface area contributed by atoms with E-state index in [1.165, 1.54) is 58.4 Å². The minimum Gasteiger partial charge on any atom is -0.327 e. The smallest absolute Gasteiger partial charge is 0.0224 e. The van der Waals surface area contributed by atoms with Gasteiger partial charge in [-0.1, -0.05) is 20.8 Å². The molecule has 3 nitrogen and oxygen atoms in total. The van der Waals surface area contributed by atoms with Gasteiger partial charge in [-0.05, 0) is 49.5 Å². The molecule has 3 aliphatic rings. The summed E-state index contributed by atoms with van der Waals surface area (Å²) in [5, 5.41) is 0. The minimum atomic E-state index is 0.393. The van der Waals surface area contributed by atoms with Crippen molar-refractivity contribution >= 4 is 0 Å². The zero-order valence-electron chi connectivity index (χ0n) is 13.6. The maximum atomic E-state index is 6.30. The van der Waals surface area contributed by atoms with Crippen LogP contribution in [0.1, 0.15) is 46.5 Å². The van der Waals surface area contributed by atoms with Gasteiger partial charge in [-0.3, -0.25) is 4.90 Å². The number of nitrogens with zero attached hydrogens (tertiary/aromatic N) is 2. The molecule has 3 heteroatoms. The molecule has 0 radical (unpaired) electrons. The molecule has 3 fully saturated rings. The van der Waals surface area contributed by atoms with Gasteiger partial charge in [0.1, 0.15) is 0 Å². The van der Waals surface area contributed by atoms with Crippen LogP contribution >= 0.6 is 0 Å². The van der Waals surface area contributed by atoms with Crippen LogP contribution in [0, 0.1) is 17.3 Å². The summed E-state index contributed by atoms with van der Waals surface area (Å²) in [7, 11) is 0. The fourth-order valence-electron chi connectivity index (χ4n) is 4.80. The van der Waals surface area contributed by atoms with Gasteiger partial charge in [0.25, 0.3) is 0 Å². The summed E-state index contributed by atoms with van der Waals surface area (Å²) in [5.74, 6) is 1.47. The predicted octanol–water partition coefficient (Wildman–Crippen LogP) is 2.17. The van der Waals surface area contributed by atoms with Crippen molar-refractivity contribution < 1.29 is 0 Å². The lowest BCUT2D eigenvalue weighted by Gasteiger charge is -2.49. The Balaban J connectivity index is 1.60. The van der Waals surface area contributed by atoms with Crippen molar-refractivity contribution in [2.45, 2.75) is 58.5 Å². The quantitative estimate of drug-likeness (QED) is 0.841. The highest BCUT2D eigenvalue weighted by Gasteiger charge is 2.42. The van der Waals surface area contributed by atoms with Crippen molar-refractivity contribution in [3.63, 3.8) is 0 Å². The van der Waals surface area contributed by atoms with E-state index >= 15 is 0 Å². The Morgan fingerprint density at radius 3 is 2.70 bits per heavy atom. The summed E-state index contributed by atoms with van der Waals surface area (Å²) in [6.07, 6.45) is 5.38. The average molecular weight is 279 g/mol. The number of piperazine rings is 1. The summed E-state index contributed by atoms with van der Waals surface area (Å²) in [5.41, 5.74) is 6.69. The molecule has 1 aliphatic carbocycles. The maximum Gasteiger partial charge on any atom is 0.0224 e. The van der Waals surface area contributed by atoms with E-state index in [1.54, 1.807) is 0 Å². The largest absolute Gasteiger partial charge is 0.327 e. The highest BCUT2D eigenvalue weighted by molar-refractivity contribution is 4.96. The summed E-state index contributed by atoms with van der Waals surface area (Å²) < 4.78 is 0. The molecular weight excluding hydrogens is 246 g/mol. The highest BCUT2D eigenvalue weighted by atomic mass is 15.3. The van der Waals surface area contributed by atoms with E-state index in [0.29, 0.717) is 17.4 Å². The fourth-order valence-corrected chi connectivity index (χ4v) is 4.80. The van der Waals surface area contributed by atoms with Crippen molar-refractivity contribution in [2.75, 3.05) is 32.7 Å². The Morgan fingerprint density at radius 1 is 1.10 bits per heavy atom. The van der Waals surface area contributed by atoms with Crippen LogP contribution in [0.2, 0.25) is 0 Å². The zero-order chi connectivity index (χ0) is 14.3. The average Bonchev–Trinajstić information content (AvgIpc) is 2.87. The molecule has 2 N–H and O–H groups in total. The molecule has 1 saturated carbocycles. The van der Waals surface area contributed by atoms with Crippen molar-refractivity contribution in [1.82, 2.24) is 9.80 Å². The SMILES string of the molecule is CC1C(N)CCC(CN2CCN3CCCC3C2)C1(C)C. The Kier molecular flexibility index (Phi) is 4.13. The second-order valence-corrected chi connectivity index (χ2v) is 8.14. The fraction of sp³-hybridized carbons (Fsp3) is 1.00. The third kappa shape index (κ3) is 2.65. The molecule has 2 aliphatic heterocycles. The van der Waals surface area contributed by atoms with Gasteiger partial charge in [-0.15, -0.1) is 0 Å². The molecule has 0 bridgehead atoms. The van der Waals surface area contributed by atoms with Crippen LogP contribution in [0.25, 0.3) is 0 Å². The topological polar surface area (TPSA) is 32.5 Å². The molecule has 0 spiro atoms. The van der Waals surface area contributed by atoms with Crippen molar-refractivity contribution in [3.05, 3.63) is 0 Å². The van der Waals surface area contributed by atoms with Gasteiger partial charge in [-0.25, -0.2) is 0 Å². The molecule has 3 rings (SSSR count). The Morgan fingerprint density at radius 2 is 1.90 bits per heavy atom. The molecule has 0 aromatic rings. The van der Waals surface area contributed by atoms with Crippen LogP contribution in [-0.4, -0.2) is 54.6 Å². The first kappa shape index (κ1) is 14.8. The lowest BCUT2D eigenvalue weighted by atomic mass is 9.61. The van der Waals surface area contributed by atoms with E-state index in [1.807, 2.05) is 0 Å². The van der Waals surface area contributed by atoms with Gasteiger partial charge < -0.3 is 10.6 Å². The second-order valence-electron chi connectivity index (χ2n) is 8.14. The summed E-state index contributed by atoms with van der Waals surface area (Å²) >= 11 is 0. The van der Waals surface area contributed by atoms with Crippen LogP contribution in [0.3, 0.4) is 0 Å². The third-order valence-electron chi connectivity index (χ3n) is 6.87. The molecule has 4 atom stereocenters. The Bertz CT molecular complexity index is 341. The van der Waals surface area contributed by atoms with Crippen molar-refractivity contribution in [2.24, 2.45) is 23.0 Å². The monoisotopic (exact) mass is 279 g/mol. The van der Waals surface area contributed by atoms with Crippen molar-refractivity contribution in [1.29, 1.82) is 0 Å². The van der Waals surface area contributed by atoms with Crippen LogP contribution in [0.5, 0.6) is 0 Å². The molecule has 2 heterocycles. The van der Waals surface area contributed by atoms with E-state index in [0.717, 1.165) is 12.0 Å². The van der Waals surface area contributed by atoms with Gasteiger partial charge in [0.2, 0.25) is 0 Å². The van der Waals surface area contributed by atoms with E-state index < -0.39 is 0 Å². The highest BCUT2D eigenvalue weighted by Crippen LogP contribution is 2.44. The first-order valence-electron chi connectivity index (χ1n) is 8.70. The van der Waals surface area contributed by atoms with Crippen LogP contribution in [0.15, 0.2) is 0 Å². The number of hydrogen-bond donors (Lipinski definition) is 1. The van der Waals surface area contributed by atoms with Crippen molar-refractivity contribution in [3.8, 4) is 0 Å². The predicted molar refractivity (Wildman–Crippen MR) is 84.7 cm³/mol. The Hall–Kier alpha value is -0.120. The second kappa shape index (κ2) is 5.58. The minimum absolute atomic E-state index is 0.393. The molecule has 2 saturated heterocycles. The number of nitrogens with two attached hydrogens (primary N) is 1. The van der Waals surface area contributed by atoms with E-state index in [2.05, 4.69) is 30.6 Å². The van der Waals surface area contributed by atoms with Gasteiger partial charge in [-0.2, -0.15) is 0 Å². The first-order chi connectivity index (χ1) is 9.48. The number of rotatable bonds is 2.